The van der Waals surface area contributed by atoms with Gasteiger partial charge in [-0.25, -0.2) is 9.97 Å². The normalized spacial score (nSPS) is 11.2. The molecule has 0 fully saturated rings. The predicted molar refractivity (Wildman–Crippen MR) is 73.3 cm³/mol. The zero-order valence-electron chi connectivity index (χ0n) is 10.9. The molecular formula is C12H21ClN4. The Morgan fingerprint density at radius 1 is 1.18 bits per heavy atom. The largest absolute Gasteiger partial charge is 0.393 e. The van der Waals surface area contributed by atoms with Gasteiger partial charge in [0.25, 0.3) is 0 Å². The van der Waals surface area contributed by atoms with Gasteiger partial charge >= 0.3 is 0 Å². The number of halogens is 1. The number of anilines is 2. The highest BCUT2D eigenvalue weighted by Gasteiger charge is 2.11. The topological polar surface area (TPSA) is 63.8 Å². The Hall–Kier alpha value is -1.03. The van der Waals surface area contributed by atoms with Crippen LogP contribution in [0.2, 0.25) is 5.15 Å². The molecule has 1 aromatic rings. The van der Waals surface area contributed by atoms with Crippen LogP contribution in [0.4, 0.5) is 11.5 Å². The molecule has 1 aromatic heterocycles. The summed E-state index contributed by atoms with van der Waals surface area (Å²) in [6.45, 7) is 9.31. The molecule has 1 heterocycles. The van der Waals surface area contributed by atoms with Crippen molar-refractivity contribution in [3.8, 4) is 0 Å². The standard InChI is InChI=1S/C12H21ClN4/c1-7(2)5-9-16-11(13)10(14)12(17-9)15-6-8(3)4/h7-8H,5-6,14H2,1-4H3,(H,15,16,17). The van der Waals surface area contributed by atoms with Crippen molar-refractivity contribution in [1.82, 2.24) is 9.97 Å². The lowest BCUT2D eigenvalue weighted by Crippen LogP contribution is -2.13. The summed E-state index contributed by atoms with van der Waals surface area (Å²) >= 11 is 6.00. The maximum absolute atomic E-state index is 6.00. The zero-order valence-corrected chi connectivity index (χ0v) is 11.7. The first-order chi connectivity index (χ1) is 7.90. The van der Waals surface area contributed by atoms with Gasteiger partial charge in [-0.1, -0.05) is 39.3 Å². The maximum atomic E-state index is 6.00. The highest BCUT2D eigenvalue weighted by atomic mass is 35.5. The summed E-state index contributed by atoms with van der Waals surface area (Å²) < 4.78 is 0. The number of nitrogens with one attached hydrogen (secondary N) is 1. The minimum atomic E-state index is 0.335. The molecule has 0 aliphatic rings. The van der Waals surface area contributed by atoms with Crippen molar-refractivity contribution in [1.29, 1.82) is 0 Å². The number of aromatic nitrogens is 2. The van der Waals surface area contributed by atoms with E-state index < -0.39 is 0 Å². The second-order valence-corrected chi connectivity index (χ2v) is 5.42. The first-order valence-electron chi connectivity index (χ1n) is 5.96. The number of nitrogen functional groups attached to an aromatic ring is 1. The molecule has 0 atom stereocenters. The predicted octanol–water partition coefficient (Wildman–Crippen LogP) is 2.98. The molecule has 0 spiro atoms. The minimum Gasteiger partial charge on any atom is -0.393 e. The van der Waals surface area contributed by atoms with Crippen LogP contribution in [0.25, 0.3) is 0 Å². The molecule has 0 radical (unpaired) electrons. The van der Waals surface area contributed by atoms with Gasteiger partial charge in [-0.3, -0.25) is 0 Å². The van der Waals surface area contributed by atoms with E-state index >= 15 is 0 Å². The highest BCUT2D eigenvalue weighted by Crippen LogP contribution is 2.24. The Balaban J connectivity index is 2.90. The fourth-order valence-corrected chi connectivity index (χ4v) is 1.56. The maximum Gasteiger partial charge on any atom is 0.157 e. The third-order valence-corrected chi connectivity index (χ3v) is 2.50. The lowest BCUT2D eigenvalue weighted by molar-refractivity contribution is 0.620. The molecule has 0 aliphatic heterocycles. The minimum absolute atomic E-state index is 0.335. The molecule has 4 nitrogen and oxygen atoms in total. The number of nitrogens with two attached hydrogens (primary N) is 1. The van der Waals surface area contributed by atoms with Crippen molar-refractivity contribution in [3.63, 3.8) is 0 Å². The van der Waals surface area contributed by atoms with Gasteiger partial charge in [-0.2, -0.15) is 0 Å². The third kappa shape index (κ3) is 4.38. The molecule has 1 rings (SSSR count). The summed E-state index contributed by atoms with van der Waals surface area (Å²) in [4.78, 5) is 8.60. The molecule has 3 N–H and O–H groups in total. The van der Waals surface area contributed by atoms with Gasteiger partial charge in [0.1, 0.15) is 11.5 Å². The summed E-state index contributed by atoms with van der Waals surface area (Å²) in [6.07, 6.45) is 0.802. The Kier molecular flexibility index (Phi) is 5.00. The van der Waals surface area contributed by atoms with Crippen molar-refractivity contribution in [2.45, 2.75) is 34.1 Å². The summed E-state index contributed by atoms with van der Waals surface area (Å²) in [5.41, 5.74) is 6.28. The van der Waals surface area contributed by atoms with E-state index in [-0.39, 0.29) is 0 Å². The van der Waals surface area contributed by atoms with Crippen molar-refractivity contribution < 1.29 is 0 Å². The Morgan fingerprint density at radius 3 is 2.35 bits per heavy atom. The SMILES string of the molecule is CC(C)CNc1nc(CC(C)C)nc(Cl)c1N. The first-order valence-corrected chi connectivity index (χ1v) is 6.33. The van der Waals surface area contributed by atoms with E-state index in [1.165, 1.54) is 0 Å². The third-order valence-electron chi connectivity index (χ3n) is 2.21. The number of hydrogen-bond acceptors (Lipinski definition) is 4. The summed E-state index contributed by atoms with van der Waals surface area (Å²) in [6, 6.07) is 0. The number of nitrogens with zero attached hydrogens (tertiary/aromatic N) is 2. The van der Waals surface area contributed by atoms with Crippen LogP contribution in [0.15, 0.2) is 0 Å². The van der Waals surface area contributed by atoms with Crippen LogP contribution in [0, 0.1) is 11.8 Å². The molecule has 96 valence electrons. The van der Waals surface area contributed by atoms with Gasteiger partial charge in [0.05, 0.1) is 0 Å². The van der Waals surface area contributed by atoms with Gasteiger partial charge in [0.15, 0.2) is 11.0 Å². The van der Waals surface area contributed by atoms with Gasteiger partial charge in [-0.05, 0) is 11.8 Å². The molecule has 0 saturated heterocycles. The lowest BCUT2D eigenvalue weighted by Gasteiger charge is -2.13. The Morgan fingerprint density at radius 2 is 1.82 bits per heavy atom. The monoisotopic (exact) mass is 256 g/mol. The molecule has 0 bridgehead atoms. The second-order valence-electron chi connectivity index (χ2n) is 5.07. The molecule has 0 saturated carbocycles. The van der Waals surface area contributed by atoms with Crippen LogP contribution in [0.3, 0.4) is 0 Å². The second kappa shape index (κ2) is 6.05. The van der Waals surface area contributed by atoms with Crippen molar-refractivity contribution in [2.24, 2.45) is 11.8 Å². The van der Waals surface area contributed by atoms with Crippen LogP contribution in [-0.2, 0) is 6.42 Å². The average Bonchev–Trinajstić information content (AvgIpc) is 2.20. The van der Waals surface area contributed by atoms with Crippen LogP contribution in [-0.4, -0.2) is 16.5 Å². The molecule has 0 aliphatic carbocycles. The van der Waals surface area contributed by atoms with Crippen molar-refractivity contribution in [2.75, 3.05) is 17.6 Å². The van der Waals surface area contributed by atoms with E-state index in [0.29, 0.717) is 28.5 Å². The molecule has 0 unspecified atom stereocenters. The van der Waals surface area contributed by atoms with Gasteiger partial charge in [0.2, 0.25) is 0 Å². The van der Waals surface area contributed by atoms with Crippen LogP contribution in [0.1, 0.15) is 33.5 Å². The van der Waals surface area contributed by atoms with E-state index in [2.05, 4.69) is 43.0 Å². The lowest BCUT2D eigenvalue weighted by atomic mass is 10.1. The van der Waals surface area contributed by atoms with E-state index in [1.54, 1.807) is 0 Å². The summed E-state index contributed by atoms with van der Waals surface area (Å²) in [7, 11) is 0. The zero-order chi connectivity index (χ0) is 13.0. The molecule has 0 aromatic carbocycles. The fraction of sp³-hybridized carbons (Fsp3) is 0.667. The van der Waals surface area contributed by atoms with E-state index in [1.807, 2.05) is 0 Å². The van der Waals surface area contributed by atoms with Gasteiger partial charge < -0.3 is 11.1 Å². The fourth-order valence-electron chi connectivity index (χ4n) is 1.38. The number of rotatable bonds is 5. The molecule has 17 heavy (non-hydrogen) atoms. The quantitative estimate of drug-likeness (QED) is 0.795. The number of hydrogen-bond donors (Lipinski definition) is 2. The average molecular weight is 257 g/mol. The smallest absolute Gasteiger partial charge is 0.157 e. The van der Waals surface area contributed by atoms with Crippen molar-refractivity contribution >= 4 is 23.1 Å². The molecule has 0 amide bonds. The Bertz CT molecular complexity index is 377. The van der Waals surface area contributed by atoms with E-state index in [0.717, 1.165) is 18.8 Å². The van der Waals surface area contributed by atoms with Gasteiger partial charge in [0, 0.05) is 13.0 Å². The summed E-state index contributed by atoms with van der Waals surface area (Å²) in [5, 5.41) is 3.54. The molecule has 5 heteroatoms. The van der Waals surface area contributed by atoms with Crippen LogP contribution in [0.5, 0.6) is 0 Å². The Labute approximate surface area is 108 Å². The molecular weight excluding hydrogens is 236 g/mol. The van der Waals surface area contributed by atoms with E-state index in [4.69, 9.17) is 17.3 Å². The van der Waals surface area contributed by atoms with Crippen molar-refractivity contribution in [3.05, 3.63) is 11.0 Å². The highest BCUT2D eigenvalue weighted by molar-refractivity contribution is 6.32. The summed E-state index contributed by atoms with van der Waals surface area (Å²) in [5.74, 6) is 2.41. The van der Waals surface area contributed by atoms with Gasteiger partial charge in [-0.15, -0.1) is 0 Å². The van der Waals surface area contributed by atoms with Crippen LogP contribution >= 0.6 is 11.6 Å². The first kappa shape index (κ1) is 14.0. The van der Waals surface area contributed by atoms with E-state index in [9.17, 15) is 0 Å². The van der Waals surface area contributed by atoms with Crippen LogP contribution < -0.4 is 11.1 Å².